The van der Waals surface area contributed by atoms with Crippen molar-refractivity contribution in [1.82, 2.24) is 24.5 Å². The van der Waals surface area contributed by atoms with Crippen molar-refractivity contribution in [2.45, 2.75) is 69.5 Å². The zero-order chi connectivity index (χ0) is 24.2. The Morgan fingerprint density at radius 2 is 1.94 bits per heavy atom. The zero-order valence-electron chi connectivity index (χ0n) is 21.0. The third-order valence-electron chi connectivity index (χ3n) is 9.52. The first kappa shape index (κ1) is 22.8. The van der Waals surface area contributed by atoms with E-state index in [0.717, 1.165) is 64.0 Å². The lowest BCUT2D eigenvalue weighted by molar-refractivity contribution is -0.122. The minimum Gasteiger partial charge on any atom is -0.342 e. The Morgan fingerprint density at radius 3 is 2.69 bits per heavy atom. The average Bonchev–Trinajstić information content (AvgIpc) is 3.47. The fourth-order valence-corrected chi connectivity index (χ4v) is 7.52. The van der Waals surface area contributed by atoms with Crippen molar-refractivity contribution in [3.63, 3.8) is 0 Å². The molecule has 3 unspecified atom stereocenters. The maximum Gasteiger partial charge on any atom is 0.274 e. The van der Waals surface area contributed by atoms with E-state index in [-0.39, 0.29) is 11.3 Å². The van der Waals surface area contributed by atoms with E-state index < -0.39 is 0 Å². The van der Waals surface area contributed by atoms with Gasteiger partial charge in [0.25, 0.3) is 5.91 Å². The van der Waals surface area contributed by atoms with Gasteiger partial charge in [-0.15, -0.1) is 0 Å². The van der Waals surface area contributed by atoms with Crippen molar-refractivity contribution in [3.8, 4) is 0 Å². The Balaban J connectivity index is 1.20. The van der Waals surface area contributed by atoms with E-state index in [2.05, 4.69) is 39.2 Å². The molecule has 1 aromatic carbocycles. The van der Waals surface area contributed by atoms with Gasteiger partial charge < -0.3 is 14.7 Å². The van der Waals surface area contributed by atoms with E-state index in [1.807, 2.05) is 24.9 Å². The topological polar surface area (TPSA) is 61.7 Å². The molecule has 2 amide bonds. The smallest absolute Gasteiger partial charge is 0.274 e. The molecule has 1 aliphatic carbocycles. The second-order valence-corrected chi connectivity index (χ2v) is 11.4. The Bertz CT molecular complexity index is 1100. The summed E-state index contributed by atoms with van der Waals surface area (Å²) in [6.07, 6.45) is 7.97. The monoisotopic (exact) mass is 475 g/mol. The van der Waals surface area contributed by atoms with E-state index in [9.17, 15) is 9.59 Å². The molecule has 6 rings (SSSR count). The molecule has 1 aromatic heterocycles. The summed E-state index contributed by atoms with van der Waals surface area (Å²) >= 11 is 0. The molecule has 0 bridgehead atoms. The number of rotatable bonds is 3. The largest absolute Gasteiger partial charge is 0.342 e. The highest BCUT2D eigenvalue weighted by atomic mass is 16.2. The first-order valence-electron chi connectivity index (χ1n) is 13.3. The highest BCUT2D eigenvalue weighted by Crippen LogP contribution is 2.45. The van der Waals surface area contributed by atoms with Crippen LogP contribution in [0.15, 0.2) is 30.3 Å². The van der Waals surface area contributed by atoms with Crippen LogP contribution in [0.4, 0.5) is 0 Å². The summed E-state index contributed by atoms with van der Waals surface area (Å²) in [6.45, 7) is 6.45. The molecule has 3 fully saturated rings. The fourth-order valence-electron chi connectivity index (χ4n) is 7.52. The molecule has 7 heteroatoms. The fraction of sp³-hybridized carbons (Fsp3) is 0.607. The van der Waals surface area contributed by atoms with Gasteiger partial charge >= 0.3 is 0 Å². The summed E-state index contributed by atoms with van der Waals surface area (Å²) in [7, 11) is 1.89. The first-order chi connectivity index (χ1) is 17.0. The van der Waals surface area contributed by atoms with Gasteiger partial charge in [0.2, 0.25) is 6.41 Å². The number of likely N-dealkylation sites (tertiary alicyclic amines) is 2. The van der Waals surface area contributed by atoms with Crippen molar-refractivity contribution in [2.24, 2.45) is 13.0 Å². The van der Waals surface area contributed by atoms with Crippen LogP contribution < -0.4 is 0 Å². The van der Waals surface area contributed by atoms with E-state index in [1.54, 1.807) is 4.68 Å². The number of benzene rings is 1. The third-order valence-corrected chi connectivity index (χ3v) is 9.52. The summed E-state index contributed by atoms with van der Waals surface area (Å²) in [4.78, 5) is 31.9. The zero-order valence-corrected chi connectivity index (χ0v) is 21.0. The van der Waals surface area contributed by atoms with Gasteiger partial charge in [-0.05, 0) is 81.6 Å². The van der Waals surface area contributed by atoms with Gasteiger partial charge in [-0.2, -0.15) is 5.10 Å². The number of hydrogen-bond acceptors (Lipinski definition) is 4. The number of piperidine rings is 2. The quantitative estimate of drug-likeness (QED) is 0.640. The van der Waals surface area contributed by atoms with Crippen LogP contribution in [-0.2, 0) is 23.8 Å². The predicted octanol–water partition coefficient (Wildman–Crippen LogP) is 3.12. The van der Waals surface area contributed by atoms with Crippen molar-refractivity contribution >= 4 is 12.3 Å². The number of carbonyl (C=O) groups excluding carboxylic acids is 2. The molecule has 4 heterocycles. The minimum atomic E-state index is 0.00498. The van der Waals surface area contributed by atoms with Gasteiger partial charge in [0, 0.05) is 49.9 Å². The molecule has 4 aliphatic rings. The van der Waals surface area contributed by atoms with Crippen LogP contribution in [0.2, 0.25) is 0 Å². The molecule has 0 N–H and O–H groups in total. The van der Waals surface area contributed by atoms with Crippen LogP contribution in [0.3, 0.4) is 0 Å². The number of aryl methyl sites for hydroxylation is 2. The second-order valence-electron chi connectivity index (χ2n) is 11.4. The van der Waals surface area contributed by atoms with Gasteiger partial charge in [-0.3, -0.25) is 14.3 Å². The highest BCUT2D eigenvalue weighted by molar-refractivity contribution is 5.92. The molecule has 1 spiro atoms. The Morgan fingerprint density at radius 1 is 1.14 bits per heavy atom. The van der Waals surface area contributed by atoms with Crippen LogP contribution in [0.25, 0.3) is 0 Å². The van der Waals surface area contributed by atoms with Gasteiger partial charge in [-0.25, -0.2) is 0 Å². The standard InChI is InChI=1S/C28H37N5O2/c1-20-14-25(29-30(20)2)27(35)33-17-22-6-3-4-8-24(22)28(18-33)9-12-31(13-10-28)23-15-21-7-5-11-32(19-34)26(21)16-23/h3-4,6,8,14,19,21,23,26H,5,7,9-13,15-18H2,1-2H3. The van der Waals surface area contributed by atoms with Crippen LogP contribution >= 0.6 is 0 Å². The van der Waals surface area contributed by atoms with Crippen LogP contribution in [0, 0.1) is 12.8 Å². The lowest BCUT2D eigenvalue weighted by Gasteiger charge is -2.49. The number of carbonyl (C=O) groups is 2. The van der Waals surface area contributed by atoms with E-state index in [0.29, 0.717) is 30.2 Å². The van der Waals surface area contributed by atoms with Crippen molar-refractivity contribution in [3.05, 3.63) is 52.8 Å². The lowest BCUT2D eigenvalue weighted by Crippen LogP contribution is -2.54. The molecule has 2 aromatic rings. The molecular formula is C28H37N5O2. The summed E-state index contributed by atoms with van der Waals surface area (Å²) in [5.74, 6) is 0.707. The van der Waals surface area contributed by atoms with Crippen molar-refractivity contribution in [2.75, 3.05) is 26.2 Å². The molecule has 3 aliphatic heterocycles. The first-order valence-corrected chi connectivity index (χ1v) is 13.3. The van der Waals surface area contributed by atoms with Crippen molar-refractivity contribution < 1.29 is 9.59 Å². The highest BCUT2D eigenvalue weighted by Gasteiger charge is 2.47. The molecule has 3 atom stereocenters. The van der Waals surface area contributed by atoms with Crippen LogP contribution in [-0.4, -0.2) is 75.1 Å². The maximum atomic E-state index is 13.5. The Hall–Kier alpha value is -2.67. The molecule has 1 saturated carbocycles. The SMILES string of the molecule is Cc1cc(C(=O)N2Cc3ccccc3C3(CCN(C4CC5CCCN(C=O)C5C4)CC3)C2)nn1C. The molecule has 35 heavy (non-hydrogen) atoms. The average molecular weight is 476 g/mol. The van der Waals surface area contributed by atoms with Crippen LogP contribution in [0.5, 0.6) is 0 Å². The van der Waals surface area contributed by atoms with E-state index in [4.69, 9.17) is 0 Å². The minimum absolute atomic E-state index is 0.00498. The summed E-state index contributed by atoms with van der Waals surface area (Å²) in [6, 6.07) is 11.7. The van der Waals surface area contributed by atoms with Crippen LogP contribution in [0.1, 0.15) is 65.8 Å². The van der Waals surface area contributed by atoms with Gasteiger partial charge in [0.15, 0.2) is 5.69 Å². The molecule has 2 saturated heterocycles. The predicted molar refractivity (Wildman–Crippen MR) is 134 cm³/mol. The third kappa shape index (κ3) is 3.88. The van der Waals surface area contributed by atoms with Gasteiger partial charge in [0.05, 0.1) is 0 Å². The second kappa shape index (κ2) is 8.77. The number of aromatic nitrogens is 2. The molecule has 186 valence electrons. The molecular weight excluding hydrogens is 438 g/mol. The van der Waals surface area contributed by atoms with E-state index >= 15 is 0 Å². The summed E-state index contributed by atoms with van der Waals surface area (Å²) in [5, 5.41) is 4.48. The number of fused-ring (bicyclic) bond motifs is 3. The van der Waals surface area contributed by atoms with Crippen molar-refractivity contribution in [1.29, 1.82) is 0 Å². The summed E-state index contributed by atoms with van der Waals surface area (Å²) in [5.41, 5.74) is 4.27. The molecule has 7 nitrogen and oxygen atoms in total. The molecule has 0 radical (unpaired) electrons. The van der Waals surface area contributed by atoms with E-state index in [1.165, 1.54) is 24.0 Å². The number of nitrogens with zero attached hydrogens (tertiary/aromatic N) is 5. The lowest BCUT2D eigenvalue weighted by atomic mass is 9.68. The maximum absolute atomic E-state index is 13.5. The normalized spacial score (nSPS) is 28.1. The van der Waals surface area contributed by atoms with Gasteiger partial charge in [0.1, 0.15) is 0 Å². The summed E-state index contributed by atoms with van der Waals surface area (Å²) < 4.78 is 1.78. The Kier molecular flexibility index (Phi) is 5.71. The Labute approximate surface area is 208 Å². The number of amides is 2. The number of hydrogen-bond donors (Lipinski definition) is 0. The van der Waals surface area contributed by atoms with Gasteiger partial charge in [-0.1, -0.05) is 24.3 Å².